The molecule has 2 fully saturated rings. The van der Waals surface area contributed by atoms with Gasteiger partial charge in [0.1, 0.15) is 5.75 Å². The largest absolute Gasteiger partial charge is 0.426 e. The summed E-state index contributed by atoms with van der Waals surface area (Å²) in [5, 5.41) is 11.9. The van der Waals surface area contributed by atoms with Crippen molar-refractivity contribution in [2.75, 3.05) is 20.6 Å². The molecule has 0 aliphatic heterocycles. The highest BCUT2D eigenvalue weighted by molar-refractivity contribution is 5.79. The van der Waals surface area contributed by atoms with Gasteiger partial charge in [-0.25, -0.2) is 0 Å². The minimum Gasteiger partial charge on any atom is -0.426 e. The fourth-order valence-electron chi connectivity index (χ4n) is 5.58. The van der Waals surface area contributed by atoms with Crippen molar-refractivity contribution in [2.45, 2.75) is 44.1 Å². The van der Waals surface area contributed by atoms with Gasteiger partial charge in [-0.15, -0.1) is 0 Å². The lowest BCUT2D eigenvalue weighted by Gasteiger charge is -2.45. The molecule has 2 aromatic rings. The number of fused-ring (bicyclic) bond motifs is 2. The van der Waals surface area contributed by atoms with Gasteiger partial charge in [0.05, 0.1) is 11.5 Å². The highest BCUT2D eigenvalue weighted by Gasteiger charge is 2.51. The molecule has 0 heterocycles. The third-order valence-corrected chi connectivity index (χ3v) is 7.13. The van der Waals surface area contributed by atoms with E-state index in [4.69, 9.17) is 4.74 Å². The number of aliphatic hydroxyl groups is 1. The van der Waals surface area contributed by atoms with Gasteiger partial charge in [-0.2, -0.15) is 0 Å². The summed E-state index contributed by atoms with van der Waals surface area (Å²) >= 11 is 0. The van der Waals surface area contributed by atoms with Crippen molar-refractivity contribution in [2.24, 2.45) is 17.8 Å². The number of benzene rings is 2. The van der Waals surface area contributed by atoms with Gasteiger partial charge in [-0.3, -0.25) is 4.79 Å². The van der Waals surface area contributed by atoms with Gasteiger partial charge in [-0.05, 0) is 75.4 Å². The van der Waals surface area contributed by atoms with Gasteiger partial charge in [0.15, 0.2) is 0 Å². The number of esters is 1. The first-order valence-electron chi connectivity index (χ1n) is 11.1. The molecule has 2 aliphatic rings. The van der Waals surface area contributed by atoms with E-state index in [1.165, 1.54) is 19.3 Å². The van der Waals surface area contributed by atoms with E-state index >= 15 is 0 Å². The van der Waals surface area contributed by atoms with Crippen molar-refractivity contribution in [3.63, 3.8) is 0 Å². The van der Waals surface area contributed by atoms with E-state index in [1.807, 2.05) is 55.5 Å². The van der Waals surface area contributed by atoms with E-state index in [-0.39, 0.29) is 17.8 Å². The summed E-state index contributed by atoms with van der Waals surface area (Å²) in [7, 11) is 4.15. The van der Waals surface area contributed by atoms with Crippen molar-refractivity contribution >= 4 is 5.97 Å². The van der Waals surface area contributed by atoms with Gasteiger partial charge in [0.25, 0.3) is 0 Å². The average molecular weight is 408 g/mol. The van der Waals surface area contributed by atoms with Crippen LogP contribution in [0.4, 0.5) is 0 Å². The normalized spacial score (nSPS) is 29.0. The molecular weight excluding hydrogens is 374 g/mol. The fourth-order valence-corrected chi connectivity index (χ4v) is 5.58. The summed E-state index contributed by atoms with van der Waals surface area (Å²) in [5.74, 6) is 1.22. The highest BCUT2D eigenvalue weighted by Crippen LogP contribution is 2.54. The van der Waals surface area contributed by atoms with Crippen molar-refractivity contribution in [1.82, 2.24) is 4.90 Å². The maximum Gasteiger partial charge on any atom is 0.318 e. The lowest BCUT2D eigenvalue weighted by molar-refractivity contribution is -0.135. The minimum atomic E-state index is -0.873. The Bertz CT molecular complexity index is 881. The van der Waals surface area contributed by atoms with Gasteiger partial charge in [-0.1, -0.05) is 48.9 Å². The number of ether oxygens (including phenoxy) is 1. The lowest BCUT2D eigenvalue weighted by atomic mass is 9.66. The van der Waals surface area contributed by atoms with Gasteiger partial charge >= 0.3 is 5.97 Å². The van der Waals surface area contributed by atoms with Crippen LogP contribution in [-0.2, 0) is 10.4 Å². The van der Waals surface area contributed by atoms with Crippen LogP contribution in [-0.4, -0.2) is 36.6 Å². The first kappa shape index (κ1) is 21.1. The summed E-state index contributed by atoms with van der Waals surface area (Å²) in [6.07, 6.45) is 4.43. The van der Waals surface area contributed by atoms with E-state index in [0.717, 1.165) is 24.1 Å². The molecule has 160 valence electrons. The molecule has 0 radical (unpaired) electrons. The maximum atomic E-state index is 12.7. The summed E-state index contributed by atoms with van der Waals surface area (Å²) in [6.45, 7) is 2.73. The van der Waals surface area contributed by atoms with Crippen LogP contribution in [0.5, 0.6) is 5.75 Å². The Hall–Kier alpha value is -2.17. The molecule has 2 saturated carbocycles. The molecule has 0 aromatic heterocycles. The Kier molecular flexibility index (Phi) is 5.99. The highest BCUT2D eigenvalue weighted by atomic mass is 16.5. The number of hydrogen-bond donors (Lipinski definition) is 1. The summed E-state index contributed by atoms with van der Waals surface area (Å²) < 4.78 is 5.73. The van der Waals surface area contributed by atoms with Gasteiger partial charge in [0, 0.05) is 12.5 Å². The molecule has 2 bridgehead atoms. The molecule has 0 amide bonds. The number of carbonyl (C=O) groups is 1. The monoisotopic (exact) mass is 407 g/mol. The molecule has 4 rings (SSSR count). The Morgan fingerprint density at radius 2 is 1.93 bits per heavy atom. The number of hydrogen-bond acceptors (Lipinski definition) is 4. The third-order valence-electron chi connectivity index (χ3n) is 7.13. The predicted octanol–water partition coefficient (Wildman–Crippen LogP) is 4.58. The van der Waals surface area contributed by atoms with Crippen molar-refractivity contribution in [1.29, 1.82) is 0 Å². The molecule has 30 heavy (non-hydrogen) atoms. The average Bonchev–Trinajstić information content (AvgIpc) is 3.14. The quantitative estimate of drug-likeness (QED) is 0.562. The smallest absolute Gasteiger partial charge is 0.318 e. The van der Waals surface area contributed by atoms with Crippen LogP contribution in [0.1, 0.15) is 49.7 Å². The summed E-state index contributed by atoms with van der Waals surface area (Å²) in [4.78, 5) is 14.9. The first-order chi connectivity index (χ1) is 14.4. The Morgan fingerprint density at radius 3 is 2.67 bits per heavy atom. The van der Waals surface area contributed by atoms with Gasteiger partial charge < -0.3 is 14.7 Å². The topological polar surface area (TPSA) is 49.8 Å². The fraction of sp³-hybridized carbons (Fsp3) is 0.500. The molecule has 3 unspecified atom stereocenters. The van der Waals surface area contributed by atoms with E-state index in [2.05, 4.69) is 19.0 Å². The molecular formula is C26H33NO3. The summed E-state index contributed by atoms with van der Waals surface area (Å²) in [5.41, 5.74) is 0.942. The Morgan fingerprint density at radius 1 is 1.17 bits per heavy atom. The number of nitrogens with zero attached hydrogens (tertiary/aromatic N) is 1. The van der Waals surface area contributed by atoms with E-state index in [0.29, 0.717) is 17.6 Å². The lowest BCUT2D eigenvalue weighted by Crippen LogP contribution is -2.47. The molecule has 2 aromatic carbocycles. The van der Waals surface area contributed by atoms with Crippen LogP contribution >= 0.6 is 0 Å². The second-order valence-electron chi connectivity index (χ2n) is 9.52. The number of carbonyl (C=O) groups excluding carboxylic acids is 1. The SMILES string of the molecule is CC(C(=O)Oc1cccc([C@]2(O)CC3CC[C@H](C3)C2CN(C)C)c1)c1ccccc1. The second kappa shape index (κ2) is 8.52. The van der Waals surface area contributed by atoms with Crippen molar-refractivity contribution < 1.29 is 14.6 Å². The molecule has 4 heteroatoms. The minimum absolute atomic E-state index is 0.195. The van der Waals surface area contributed by atoms with Crippen LogP contribution in [0.15, 0.2) is 54.6 Å². The van der Waals surface area contributed by atoms with E-state index < -0.39 is 5.60 Å². The van der Waals surface area contributed by atoms with E-state index in [9.17, 15) is 9.90 Å². The van der Waals surface area contributed by atoms with Crippen LogP contribution in [0.2, 0.25) is 0 Å². The molecule has 0 saturated heterocycles. The Balaban J connectivity index is 1.57. The predicted molar refractivity (Wildman–Crippen MR) is 118 cm³/mol. The van der Waals surface area contributed by atoms with Crippen LogP contribution < -0.4 is 4.74 Å². The van der Waals surface area contributed by atoms with Crippen molar-refractivity contribution in [3.8, 4) is 5.75 Å². The third kappa shape index (κ3) is 4.17. The second-order valence-corrected chi connectivity index (χ2v) is 9.52. The Labute approximate surface area is 179 Å². The molecule has 2 aliphatic carbocycles. The maximum absolute atomic E-state index is 12.7. The van der Waals surface area contributed by atoms with E-state index in [1.54, 1.807) is 6.07 Å². The molecule has 1 N–H and O–H groups in total. The van der Waals surface area contributed by atoms with Crippen LogP contribution in [0.25, 0.3) is 0 Å². The zero-order valence-corrected chi connectivity index (χ0v) is 18.3. The van der Waals surface area contributed by atoms with Gasteiger partial charge in [0.2, 0.25) is 0 Å². The zero-order valence-electron chi connectivity index (χ0n) is 18.3. The molecule has 0 spiro atoms. The van der Waals surface area contributed by atoms with Crippen LogP contribution in [0.3, 0.4) is 0 Å². The molecule has 4 nitrogen and oxygen atoms in total. The summed E-state index contributed by atoms with van der Waals surface area (Å²) in [6, 6.07) is 17.2. The molecule has 5 atom stereocenters. The van der Waals surface area contributed by atoms with Crippen LogP contribution in [0, 0.1) is 17.8 Å². The van der Waals surface area contributed by atoms with Crippen molar-refractivity contribution in [3.05, 3.63) is 65.7 Å². The first-order valence-corrected chi connectivity index (χ1v) is 11.1. The number of rotatable bonds is 6. The zero-order chi connectivity index (χ0) is 21.3. The standard InChI is InChI=1S/C26H33NO3/c1-18(20-8-5-4-6-9-20)25(28)30-23-11-7-10-22(15-23)26(29)16-19-12-13-21(14-19)24(26)17-27(2)3/h4-11,15,18-19,21,24,29H,12-14,16-17H2,1-3H3/t18?,19?,21-,24?,26-/m1/s1.